The van der Waals surface area contributed by atoms with Crippen LogP contribution in [0, 0.1) is 5.41 Å². The van der Waals surface area contributed by atoms with Gasteiger partial charge in [-0.25, -0.2) is 0 Å². The number of hydrogen-bond donors (Lipinski definition) is 1. The summed E-state index contributed by atoms with van der Waals surface area (Å²) in [6.07, 6.45) is 5.59. The average Bonchev–Trinajstić information content (AvgIpc) is 3.04. The molecule has 6 nitrogen and oxygen atoms in total. The number of nitrogens with one attached hydrogen (secondary N) is 1. The molecule has 8 heteroatoms. The summed E-state index contributed by atoms with van der Waals surface area (Å²) in [5, 5.41) is 3.36. The van der Waals surface area contributed by atoms with Crippen LogP contribution in [0.3, 0.4) is 0 Å². The second-order valence-electron chi connectivity index (χ2n) is 9.15. The Bertz CT molecular complexity index is 763. The fourth-order valence-corrected chi connectivity index (χ4v) is 5.93. The van der Waals surface area contributed by atoms with E-state index in [9.17, 15) is 4.79 Å². The molecule has 0 aromatic heterocycles. The highest BCUT2D eigenvalue weighted by molar-refractivity contribution is 5.85. The highest BCUT2D eigenvalue weighted by Crippen LogP contribution is 2.46. The number of halogens is 2. The fraction of sp³-hybridized carbons (Fsp3) is 0.696. The number of benzene rings is 1. The Balaban J connectivity index is 0.00000136. The zero-order valence-corrected chi connectivity index (χ0v) is 19.8. The molecular weight excluding hydrogens is 439 g/mol. The zero-order valence-electron chi connectivity index (χ0n) is 18.2. The Labute approximate surface area is 197 Å². The number of fused-ring (bicyclic) bond motifs is 2. The van der Waals surface area contributed by atoms with Gasteiger partial charge >= 0.3 is 5.97 Å². The standard InChI is InChI=1S/C23H32N2O4.2ClH/c1-27-19-4-2-3-17-5-14-28-23(20(17)19)8-12-25(13-9-23)16-18-15-22(21(26)29-18)6-10-24-11-7-22;;/h2-4,18,24H,5-16H2,1H3;2*1H. The van der Waals surface area contributed by atoms with Crippen molar-refractivity contribution in [2.45, 2.75) is 50.2 Å². The first kappa shape index (κ1) is 24.6. The number of likely N-dealkylation sites (tertiary alicyclic amines) is 1. The molecular formula is C23H34Cl2N2O4. The first-order valence-electron chi connectivity index (χ1n) is 11.1. The lowest BCUT2D eigenvalue weighted by molar-refractivity contribution is -0.151. The average molecular weight is 473 g/mol. The summed E-state index contributed by atoms with van der Waals surface area (Å²) in [5.74, 6) is 0.986. The van der Waals surface area contributed by atoms with Crippen LogP contribution in [0.5, 0.6) is 5.75 Å². The molecule has 1 unspecified atom stereocenters. The Kier molecular flexibility index (Phi) is 7.80. The van der Waals surface area contributed by atoms with Crippen LogP contribution < -0.4 is 10.1 Å². The van der Waals surface area contributed by atoms with Crippen molar-refractivity contribution in [3.63, 3.8) is 0 Å². The second kappa shape index (κ2) is 9.84. The van der Waals surface area contributed by atoms with Crippen molar-refractivity contribution < 1.29 is 19.0 Å². The summed E-state index contributed by atoms with van der Waals surface area (Å²) in [7, 11) is 1.75. The second-order valence-corrected chi connectivity index (χ2v) is 9.15. The molecule has 1 N–H and O–H groups in total. The van der Waals surface area contributed by atoms with Crippen molar-refractivity contribution in [2.75, 3.05) is 46.4 Å². The molecule has 31 heavy (non-hydrogen) atoms. The SMILES string of the molecule is COc1cccc2c1C1(CCN(CC3CC4(CCNCC4)C(=O)O3)CC1)OCC2.Cl.Cl. The Hall–Kier alpha value is -1.05. The fourth-order valence-electron chi connectivity index (χ4n) is 5.93. The van der Waals surface area contributed by atoms with Crippen molar-refractivity contribution in [3.05, 3.63) is 29.3 Å². The number of carbonyl (C=O) groups is 1. The van der Waals surface area contributed by atoms with E-state index in [1.54, 1.807) is 7.11 Å². The first-order chi connectivity index (χ1) is 14.1. The van der Waals surface area contributed by atoms with E-state index in [2.05, 4.69) is 28.4 Å². The predicted molar refractivity (Wildman–Crippen MR) is 124 cm³/mol. The molecule has 4 aliphatic rings. The van der Waals surface area contributed by atoms with Crippen LogP contribution in [0.2, 0.25) is 0 Å². The smallest absolute Gasteiger partial charge is 0.312 e. The minimum atomic E-state index is -0.237. The van der Waals surface area contributed by atoms with Gasteiger partial charge < -0.3 is 19.5 Å². The number of methoxy groups -OCH3 is 1. The van der Waals surface area contributed by atoms with Crippen LogP contribution in [0.1, 0.15) is 43.2 Å². The van der Waals surface area contributed by atoms with Gasteiger partial charge in [-0.3, -0.25) is 9.69 Å². The monoisotopic (exact) mass is 472 g/mol. The molecule has 0 bridgehead atoms. The third kappa shape index (κ3) is 4.42. The van der Waals surface area contributed by atoms with Crippen molar-refractivity contribution in [1.29, 1.82) is 0 Å². The largest absolute Gasteiger partial charge is 0.496 e. The van der Waals surface area contributed by atoms with E-state index < -0.39 is 0 Å². The molecule has 0 amide bonds. The normalized spacial score (nSPS) is 26.5. The third-order valence-corrected chi connectivity index (χ3v) is 7.55. The summed E-state index contributed by atoms with van der Waals surface area (Å²) < 4.78 is 17.9. The van der Waals surface area contributed by atoms with Gasteiger partial charge in [0.2, 0.25) is 0 Å². The molecule has 5 rings (SSSR count). The van der Waals surface area contributed by atoms with Crippen LogP contribution in [0.15, 0.2) is 18.2 Å². The maximum atomic E-state index is 12.6. The van der Waals surface area contributed by atoms with Gasteiger partial charge in [-0.1, -0.05) is 12.1 Å². The minimum absolute atomic E-state index is 0. The van der Waals surface area contributed by atoms with Crippen molar-refractivity contribution in [1.82, 2.24) is 10.2 Å². The maximum absolute atomic E-state index is 12.6. The molecule has 174 valence electrons. The number of rotatable bonds is 3. The Morgan fingerprint density at radius 3 is 2.61 bits per heavy atom. The Morgan fingerprint density at radius 2 is 1.90 bits per heavy atom. The van der Waals surface area contributed by atoms with E-state index in [1.807, 2.05) is 0 Å². The van der Waals surface area contributed by atoms with E-state index in [1.165, 1.54) is 11.1 Å². The molecule has 4 heterocycles. The predicted octanol–water partition coefficient (Wildman–Crippen LogP) is 3.09. The summed E-state index contributed by atoms with van der Waals surface area (Å²) in [5.41, 5.74) is 2.15. The topological polar surface area (TPSA) is 60.0 Å². The lowest BCUT2D eigenvalue weighted by atomic mass is 9.76. The van der Waals surface area contributed by atoms with Crippen LogP contribution in [0.4, 0.5) is 0 Å². The van der Waals surface area contributed by atoms with Crippen LogP contribution in [-0.2, 0) is 26.3 Å². The zero-order chi connectivity index (χ0) is 19.9. The van der Waals surface area contributed by atoms with E-state index in [0.717, 1.165) is 83.6 Å². The molecule has 3 fully saturated rings. The van der Waals surface area contributed by atoms with Gasteiger partial charge in [0.05, 0.1) is 24.7 Å². The van der Waals surface area contributed by atoms with E-state index >= 15 is 0 Å². The van der Waals surface area contributed by atoms with E-state index in [0.29, 0.717) is 0 Å². The molecule has 1 atom stereocenters. The molecule has 0 aliphatic carbocycles. The van der Waals surface area contributed by atoms with Crippen LogP contribution >= 0.6 is 24.8 Å². The minimum Gasteiger partial charge on any atom is -0.496 e. The van der Waals surface area contributed by atoms with Gasteiger partial charge in [0.15, 0.2) is 0 Å². The Morgan fingerprint density at radius 1 is 1.16 bits per heavy atom. The number of piperidine rings is 2. The molecule has 1 aromatic carbocycles. The number of ether oxygens (including phenoxy) is 3. The van der Waals surface area contributed by atoms with Crippen LogP contribution in [-0.4, -0.2) is 63.4 Å². The number of hydrogen-bond acceptors (Lipinski definition) is 6. The molecule has 0 saturated carbocycles. The van der Waals surface area contributed by atoms with Crippen molar-refractivity contribution >= 4 is 30.8 Å². The molecule has 3 saturated heterocycles. The molecule has 0 radical (unpaired) electrons. The highest BCUT2D eigenvalue weighted by atomic mass is 35.5. The quantitative estimate of drug-likeness (QED) is 0.681. The third-order valence-electron chi connectivity index (χ3n) is 7.55. The summed E-state index contributed by atoms with van der Waals surface area (Å²) in [6, 6.07) is 6.35. The lowest BCUT2D eigenvalue weighted by Gasteiger charge is -2.45. The maximum Gasteiger partial charge on any atom is 0.312 e. The highest BCUT2D eigenvalue weighted by Gasteiger charge is 2.50. The van der Waals surface area contributed by atoms with Crippen molar-refractivity contribution in [3.8, 4) is 5.75 Å². The van der Waals surface area contributed by atoms with Gasteiger partial charge in [-0.2, -0.15) is 0 Å². The molecule has 4 aliphatic heterocycles. The molecule has 1 aromatic rings. The molecule has 2 spiro atoms. The van der Waals surface area contributed by atoms with Gasteiger partial charge in [-0.15, -0.1) is 24.8 Å². The summed E-state index contributed by atoms with van der Waals surface area (Å²) >= 11 is 0. The first-order valence-corrected chi connectivity index (χ1v) is 11.1. The van der Waals surface area contributed by atoms with Gasteiger partial charge in [0.25, 0.3) is 0 Å². The van der Waals surface area contributed by atoms with Crippen molar-refractivity contribution in [2.24, 2.45) is 5.41 Å². The number of esters is 1. The van der Waals surface area contributed by atoms with Crippen LogP contribution in [0.25, 0.3) is 0 Å². The number of cyclic esters (lactones) is 1. The van der Waals surface area contributed by atoms with Gasteiger partial charge in [0.1, 0.15) is 11.9 Å². The van der Waals surface area contributed by atoms with E-state index in [-0.39, 0.29) is 47.9 Å². The summed E-state index contributed by atoms with van der Waals surface area (Å²) in [6.45, 7) is 5.38. The number of nitrogens with zero attached hydrogens (tertiary/aromatic N) is 1. The van der Waals surface area contributed by atoms with E-state index in [4.69, 9.17) is 14.2 Å². The van der Waals surface area contributed by atoms with Gasteiger partial charge in [-0.05, 0) is 56.8 Å². The lowest BCUT2D eigenvalue weighted by Crippen LogP contribution is -2.48. The number of carbonyl (C=O) groups excluding carboxylic acids is 1. The summed E-state index contributed by atoms with van der Waals surface area (Å²) in [4.78, 5) is 15.0. The van der Waals surface area contributed by atoms with Gasteiger partial charge in [0, 0.05) is 31.6 Å².